The van der Waals surface area contributed by atoms with Gasteiger partial charge in [0, 0.05) is 64.9 Å². The van der Waals surface area contributed by atoms with Crippen molar-refractivity contribution in [2.75, 3.05) is 19.8 Å². The molecule has 4 rings (SSSR count). The Bertz CT molecular complexity index is 1150. The number of rotatable bonds is 15. The van der Waals surface area contributed by atoms with Crippen LogP contribution in [0.3, 0.4) is 0 Å². The standard InChI is InChI=1S/C30H35FN6/c31-28-13-11-26(12-14-28)20-33-19-25-7-9-27(10-8-25)23-37(24-34-22-30-6-2-4-16-36-30)18-17-32-21-29-5-1-3-15-35-29/h1-16,32-34H,17-24H2. The number of nitrogens with zero attached hydrogens (tertiary/aromatic N) is 3. The van der Waals surface area contributed by atoms with Crippen LogP contribution in [-0.4, -0.2) is 34.6 Å². The third kappa shape index (κ3) is 9.82. The fourth-order valence-corrected chi connectivity index (χ4v) is 3.99. The van der Waals surface area contributed by atoms with E-state index in [0.29, 0.717) is 6.54 Å². The number of nitrogens with one attached hydrogen (secondary N) is 3. The van der Waals surface area contributed by atoms with Crippen molar-refractivity contribution in [3.63, 3.8) is 0 Å². The van der Waals surface area contributed by atoms with Crippen molar-refractivity contribution in [3.8, 4) is 0 Å². The van der Waals surface area contributed by atoms with E-state index in [1.807, 2.05) is 60.9 Å². The normalized spacial score (nSPS) is 11.2. The molecule has 2 aromatic carbocycles. The van der Waals surface area contributed by atoms with Crippen LogP contribution in [0.5, 0.6) is 0 Å². The zero-order valence-electron chi connectivity index (χ0n) is 21.1. The van der Waals surface area contributed by atoms with Crippen molar-refractivity contribution in [1.29, 1.82) is 0 Å². The van der Waals surface area contributed by atoms with Crippen LogP contribution in [0.15, 0.2) is 97.3 Å². The van der Waals surface area contributed by atoms with E-state index in [0.717, 1.165) is 62.9 Å². The van der Waals surface area contributed by atoms with Crippen molar-refractivity contribution in [3.05, 3.63) is 131 Å². The number of hydrogen-bond acceptors (Lipinski definition) is 6. The second kappa shape index (κ2) is 14.9. The zero-order valence-corrected chi connectivity index (χ0v) is 21.1. The minimum Gasteiger partial charge on any atom is -0.310 e. The predicted octanol–water partition coefficient (Wildman–Crippen LogP) is 4.24. The van der Waals surface area contributed by atoms with Crippen LogP contribution in [-0.2, 0) is 32.7 Å². The van der Waals surface area contributed by atoms with Crippen LogP contribution in [0.1, 0.15) is 28.1 Å². The minimum atomic E-state index is -0.204. The zero-order chi connectivity index (χ0) is 25.5. The first-order valence-electron chi connectivity index (χ1n) is 12.7. The van der Waals surface area contributed by atoms with Crippen LogP contribution in [0, 0.1) is 5.82 Å². The van der Waals surface area contributed by atoms with Crippen molar-refractivity contribution < 1.29 is 4.39 Å². The molecule has 0 aliphatic heterocycles. The highest BCUT2D eigenvalue weighted by Gasteiger charge is 2.07. The summed E-state index contributed by atoms with van der Waals surface area (Å²) in [5.74, 6) is -0.204. The SMILES string of the molecule is Fc1ccc(CNCc2ccc(CN(CCNCc3ccccn3)CNCc3ccccn3)cc2)cc1. The van der Waals surface area contributed by atoms with Crippen LogP contribution < -0.4 is 16.0 Å². The smallest absolute Gasteiger partial charge is 0.123 e. The van der Waals surface area contributed by atoms with Gasteiger partial charge in [-0.2, -0.15) is 0 Å². The topological polar surface area (TPSA) is 65.1 Å². The highest BCUT2D eigenvalue weighted by molar-refractivity contribution is 5.23. The summed E-state index contributed by atoms with van der Waals surface area (Å²) in [5, 5.41) is 10.5. The van der Waals surface area contributed by atoms with E-state index < -0.39 is 0 Å². The largest absolute Gasteiger partial charge is 0.310 e. The maximum atomic E-state index is 13.1. The van der Waals surface area contributed by atoms with Gasteiger partial charge in [0.1, 0.15) is 5.82 Å². The first-order valence-corrected chi connectivity index (χ1v) is 12.7. The van der Waals surface area contributed by atoms with Gasteiger partial charge in [-0.05, 0) is 53.1 Å². The summed E-state index contributed by atoms with van der Waals surface area (Å²) in [7, 11) is 0. The van der Waals surface area contributed by atoms with Gasteiger partial charge in [-0.25, -0.2) is 4.39 Å². The van der Waals surface area contributed by atoms with Crippen LogP contribution >= 0.6 is 0 Å². The number of halogens is 1. The Morgan fingerprint density at radius 3 is 1.76 bits per heavy atom. The van der Waals surface area contributed by atoms with Gasteiger partial charge in [-0.15, -0.1) is 0 Å². The van der Waals surface area contributed by atoms with E-state index in [9.17, 15) is 4.39 Å². The molecule has 6 nitrogen and oxygen atoms in total. The van der Waals surface area contributed by atoms with E-state index >= 15 is 0 Å². The molecule has 192 valence electrons. The fourth-order valence-electron chi connectivity index (χ4n) is 3.99. The molecular formula is C30H35FN6. The van der Waals surface area contributed by atoms with Gasteiger partial charge >= 0.3 is 0 Å². The monoisotopic (exact) mass is 498 g/mol. The summed E-state index contributed by atoms with van der Waals surface area (Å²) in [6.07, 6.45) is 3.65. The molecule has 0 radical (unpaired) electrons. The third-order valence-electron chi connectivity index (χ3n) is 6.01. The van der Waals surface area contributed by atoms with E-state index in [2.05, 4.69) is 55.1 Å². The molecule has 0 aliphatic carbocycles. The van der Waals surface area contributed by atoms with Gasteiger partial charge in [-0.1, -0.05) is 48.5 Å². The van der Waals surface area contributed by atoms with E-state index in [1.54, 1.807) is 0 Å². The summed E-state index contributed by atoms with van der Waals surface area (Å²) < 4.78 is 13.1. The fraction of sp³-hybridized carbons (Fsp3) is 0.267. The van der Waals surface area contributed by atoms with Crippen LogP contribution in [0.25, 0.3) is 0 Å². The molecule has 2 heterocycles. The lowest BCUT2D eigenvalue weighted by atomic mass is 10.1. The Kier molecular flexibility index (Phi) is 10.7. The van der Waals surface area contributed by atoms with Crippen molar-refractivity contribution >= 4 is 0 Å². The molecular weight excluding hydrogens is 463 g/mol. The van der Waals surface area contributed by atoms with E-state index in [1.165, 1.54) is 23.3 Å². The molecule has 0 bridgehead atoms. The number of pyridine rings is 2. The lowest BCUT2D eigenvalue weighted by Crippen LogP contribution is -2.38. The van der Waals surface area contributed by atoms with Gasteiger partial charge < -0.3 is 10.6 Å². The average molecular weight is 499 g/mol. The molecule has 4 aromatic rings. The second-order valence-corrected chi connectivity index (χ2v) is 9.00. The predicted molar refractivity (Wildman–Crippen MR) is 146 cm³/mol. The van der Waals surface area contributed by atoms with Gasteiger partial charge in [0.2, 0.25) is 0 Å². The quantitative estimate of drug-likeness (QED) is 0.168. The van der Waals surface area contributed by atoms with E-state index in [-0.39, 0.29) is 5.82 Å². The van der Waals surface area contributed by atoms with Crippen LogP contribution in [0.2, 0.25) is 0 Å². The Morgan fingerprint density at radius 2 is 1.16 bits per heavy atom. The highest BCUT2D eigenvalue weighted by Crippen LogP contribution is 2.09. The van der Waals surface area contributed by atoms with Gasteiger partial charge in [0.05, 0.1) is 11.4 Å². The molecule has 0 saturated carbocycles. The third-order valence-corrected chi connectivity index (χ3v) is 6.01. The maximum absolute atomic E-state index is 13.1. The Morgan fingerprint density at radius 1 is 0.595 bits per heavy atom. The number of hydrogen-bond donors (Lipinski definition) is 3. The van der Waals surface area contributed by atoms with Crippen molar-refractivity contribution in [1.82, 2.24) is 30.8 Å². The highest BCUT2D eigenvalue weighted by atomic mass is 19.1. The summed E-state index contributed by atoms with van der Waals surface area (Å²) in [5.41, 5.74) is 5.65. The lowest BCUT2D eigenvalue weighted by Gasteiger charge is -2.23. The first kappa shape index (κ1) is 26.6. The summed E-state index contributed by atoms with van der Waals surface area (Å²) in [6, 6.07) is 27.3. The van der Waals surface area contributed by atoms with Crippen molar-refractivity contribution in [2.24, 2.45) is 0 Å². The molecule has 0 aliphatic rings. The number of aromatic nitrogens is 2. The van der Waals surface area contributed by atoms with Crippen molar-refractivity contribution in [2.45, 2.75) is 32.7 Å². The summed E-state index contributed by atoms with van der Waals surface area (Å²) in [6.45, 7) is 6.36. The lowest BCUT2D eigenvalue weighted by molar-refractivity contribution is 0.242. The molecule has 2 aromatic heterocycles. The molecule has 0 amide bonds. The molecule has 0 spiro atoms. The molecule has 0 atom stereocenters. The van der Waals surface area contributed by atoms with Crippen LogP contribution in [0.4, 0.5) is 4.39 Å². The maximum Gasteiger partial charge on any atom is 0.123 e. The Balaban J connectivity index is 1.25. The minimum absolute atomic E-state index is 0.204. The number of benzene rings is 2. The molecule has 7 heteroatoms. The second-order valence-electron chi connectivity index (χ2n) is 9.00. The molecule has 0 saturated heterocycles. The summed E-state index contributed by atoms with van der Waals surface area (Å²) >= 11 is 0. The first-order chi connectivity index (χ1) is 18.2. The molecule has 0 unspecified atom stereocenters. The summed E-state index contributed by atoms with van der Waals surface area (Å²) in [4.78, 5) is 11.2. The Labute approximate surface area is 219 Å². The van der Waals surface area contributed by atoms with Gasteiger partial charge in [-0.3, -0.25) is 20.2 Å². The Hall–Kier alpha value is -3.49. The van der Waals surface area contributed by atoms with Gasteiger partial charge in [0.25, 0.3) is 0 Å². The van der Waals surface area contributed by atoms with E-state index in [4.69, 9.17) is 0 Å². The molecule has 37 heavy (non-hydrogen) atoms. The molecule has 0 fully saturated rings. The average Bonchev–Trinajstić information content (AvgIpc) is 2.94. The van der Waals surface area contributed by atoms with Gasteiger partial charge in [0.15, 0.2) is 0 Å². The molecule has 3 N–H and O–H groups in total.